The molecule has 1 heterocycles. The Morgan fingerprint density at radius 2 is 1.72 bits per heavy atom. The van der Waals surface area contributed by atoms with E-state index < -0.39 is 12.0 Å². The van der Waals surface area contributed by atoms with Crippen molar-refractivity contribution in [2.24, 2.45) is 17.8 Å². The van der Waals surface area contributed by atoms with Crippen molar-refractivity contribution in [2.75, 3.05) is 0 Å². The van der Waals surface area contributed by atoms with Gasteiger partial charge in [0.05, 0.1) is 18.1 Å². The minimum Gasteiger partial charge on any atom is -0.480 e. The van der Waals surface area contributed by atoms with Gasteiger partial charge >= 0.3 is 5.97 Å². The van der Waals surface area contributed by atoms with Crippen LogP contribution in [0.4, 0.5) is 0 Å². The predicted molar refractivity (Wildman–Crippen MR) is 67.1 cm³/mol. The minimum atomic E-state index is -0.995. The third-order valence-corrected chi connectivity index (χ3v) is 3.78. The van der Waals surface area contributed by atoms with Gasteiger partial charge in [-0.25, -0.2) is 4.79 Å². The smallest absolute Gasteiger partial charge is 0.326 e. The Kier molecular flexibility index (Phi) is 4.73. The Bertz CT molecular complexity index is 329. The molecule has 0 bridgehead atoms. The van der Waals surface area contributed by atoms with Crippen LogP contribution >= 0.6 is 0 Å². The van der Waals surface area contributed by atoms with E-state index in [1.54, 1.807) is 13.8 Å². The highest BCUT2D eigenvalue weighted by molar-refractivity contribution is 5.85. The first kappa shape index (κ1) is 15.0. The van der Waals surface area contributed by atoms with Crippen LogP contribution < -0.4 is 5.32 Å². The number of carboxylic acid groups (broad SMARTS) is 1. The van der Waals surface area contributed by atoms with E-state index in [-0.39, 0.29) is 35.9 Å². The summed E-state index contributed by atoms with van der Waals surface area (Å²) in [5.74, 6) is -1.54. The number of carbonyl (C=O) groups is 2. The second-order valence-electron chi connectivity index (χ2n) is 5.50. The lowest BCUT2D eigenvalue weighted by Gasteiger charge is -2.23. The average molecular weight is 257 g/mol. The Labute approximate surface area is 108 Å². The summed E-state index contributed by atoms with van der Waals surface area (Å²) >= 11 is 0. The Morgan fingerprint density at radius 1 is 1.17 bits per heavy atom. The quantitative estimate of drug-likeness (QED) is 0.795. The predicted octanol–water partition coefficient (Wildman–Crippen LogP) is 1.27. The minimum absolute atomic E-state index is 0.0260. The normalized spacial score (nSPS) is 33.4. The monoisotopic (exact) mass is 257 g/mol. The lowest BCUT2D eigenvalue weighted by Crippen LogP contribution is -2.48. The van der Waals surface area contributed by atoms with Crippen molar-refractivity contribution < 1.29 is 19.4 Å². The molecule has 0 aromatic rings. The van der Waals surface area contributed by atoms with Crippen molar-refractivity contribution in [3.8, 4) is 0 Å². The van der Waals surface area contributed by atoms with Gasteiger partial charge in [-0.15, -0.1) is 0 Å². The van der Waals surface area contributed by atoms with Crippen molar-refractivity contribution in [1.29, 1.82) is 0 Å². The summed E-state index contributed by atoms with van der Waals surface area (Å²) in [4.78, 5) is 23.2. The topological polar surface area (TPSA) is 75.6 Å². The van der Waals surface area contributed by atoms with Crippen LogP contribution in [0.2, 0.25) is 0 Å². The van der Waals surface area contributed by atoms with E-state index in [2.05, 4.69) is 5.32 Å². The van der Waals surface area contributed by atoms with Crippen LogP contribution in [0.25, 0.3) is 0 Å². The summed E-state index contributed by atoms with van der Waals surface area (Å²) in [6, 6.07) is -0.840. The number of carboxylic acids is 1. The summed E-state index contributed by atoms with van der Waals surface area (Å²) < 4.78 is 5.60. The summed E-state index contributed by atoms with van der Waals surface area (Å²) in [5, 5.41) is 11.7. The molecule has 0 saturated carbocycles. The van der Waals surface area contributed by atoms with E-state index >= 15 is 0 Å². The Morgan fingerprint density at radius 3 is 2.06 bits per heavy atom. The third-order valence-electron chi connectivity index (χ3n) is 3.78. The van der Waals surface area contributed by atoms with E-state index in [1.165, 1.54) is 0 Å². The fourth-order valence-electron chi connectivity index (χ4n) is 2.48. The highest BCUT2D eigenvalue weighted by Gasteiger charge is 2.42. The molecule has 5 nitrogen and oxygen atoms in total. The molecule has 5 heteroatoms. The van der Waals surface area contributed by atoms with Crippen molar-refractivity contribution >= 4 is 11.9 Å². The van der Waals surface area contributed by atoms with Crippen molar-refractivity contribution in [2.45, 2.75) is 52.9 Å². The van der Waals surface area contributed by atoms with E-state index in [1.807, 2.05) is 20.8 Å². The van der Waals surface area contributed by atoms with Gasteiger partial charge in [0.1, 0.15) is 6.04 Å². The number of rotatable bonds is 4. The Balaban J connectivity index is 2.73. The van der Waals surface area contributed by atoms with E-state index in [0.29, 0.717) is 0 Å². The molecule has 0 spiro atoms. The zero-order chi connectivity index (χ0) is 14.0. The molecule has 1 aliphatic rings. The molecule has 18 heavy (non-hydrogen) atoms. The molecule has 0 aromatic carbocycles. The first-order valence-electron chi connectivity index (χ1n) is 6.44. The lowest BCUT2D eigenvalue weighted by molar-refractivity contribution is -0.144. The molecular weight excluding hydrogens is 234 g/mol. The van der Waals surface area contributed by atoms with Crippen molar-refractivity contribution in [1.82, 2.24) is 5.32 Å². The van der Waals surface area contributed by atoms with Crippen molar-refractivity contribution in [3.63, 3.8) is 0 Å². The lowest BCUT2D eigenvalue weighted by atomic mass is 9.88. The molecule has 5 atom stereocenters. The molecule has 1 amide bonds. The first-order valence-corrected chi connectivity index (χ1v) is 6.44. The molecule has 2 N–H and O–H groups in total. The van der Waals surface area contributed by atoms with Crippen LogP contribution in [-0.2, 0) is 14.3 Å². The van der Waals surface area contributed by atoms with Gasteiger partial charge in [-0.2, -0.15) is 0 Å². The number of hydrogen-bond donors (Lipinski definition) is 2. The molecule has 1 saturated heterocycles. The number of aliphatic carboxylic acids is 1. The summed E-state index contributed by atoms with van der Waals surface area (Å²) in [6.45, 7) is 9.31. The van der Waals surface area contributed by atoms with E-state index in [9.17, 15) is 9.59 Å². The van der Waals surface area contributed by atoms with E-state index in [0.717, 1.165) is 0 Å². The molecule has 0 radical (unpaired) electrons. The SMILES string of the molecule is CC(C)C(NC(=O)C1C(C)OC(C)C1C)C(=O)O. The van der Waals surface area contributed by atoms with Crippen molar-refractivity contribution in [3.05, 3.63) is 0 Å². The van der Waals surface area contributed by atoms with Gasteiger partial charge in [-0.05, 0) is 25.7 Å². The molecule has 0 aliphatic carbocycles. The van der Waals surface area contributed by atoms with Crippen LogP contribution in [0.15, 0.2) is 0 Å². The van der Waals surface area contributed by atoms with Gasteiger partial charge in [0.25, 0.3) is 0 Å². The van der Waals surface area contributed by atoms with Crippen LogP contribution in [-0.4, -0.2) is 35.2 Å². The van der Waals surface area contributed by atoms with Gasteiger partial charge in [0.2, 0.25) is 5.91 Å². The highest BCUT2D eigenvalue weighted by atomic mass is 16.5. The largest absolute Gasteiger partial charge is 0.480 e. The molecule has 1 rings (SSSR count). The molecule has 0 aromatic heterocycles. The summed E-state index contributed by atoms with van der Waals surface area (Å²) in [5.41, 5.74) is 0. The molecular formula is C13H23NO4. The zero-order valence-electron chi connectivity index (χ0n) is 11.6. The van der Waals surface area contributed by atoms with Gasteiger partial charge < -0.3 is 15.2 Å². The number of carbonyl (C=O) groups excluding carboxylic acids is 1. The first-order chi connectivity index (χ1) is 8.25. The van der Waals surface area contributed by atoms with Crippen LogP contribution in [0.5, 0.6) is 0 Å². The molecule has 1 fully saturated rings. The molecule has 5 unspecified atom stereocenters. The van der Waals surface area contributed by atoms with Gasteiger partial charge in [-0.3, -0.25) is 4.79 Å². The highest BCUT2D eigenvalue weighted by Crippen LogP contribution is 2.32. The second-order valence-corrected chi connectivity index (χ2v) is 5.50. The fraction of sp³-hybridized carbons (Fsp3) is 0.846. The number of hydrogen-bond acceptors (Lipinski definition) is 3. The fourth-order valence-corrected chi connectivity index (χ4v) is 2.48. The number of amides is 1. The maximum atomic E-state index is 12.2. The zero-order valence-corrected chi connectivity index (χ0v) is 11.6. The molecule has 104 valence electrons. The van der Waals surface area contributed by atoms with Gasteiger partial charge in [-0.1, -0.05) is 20.8 Å². The van der Waals surface area contributed by atoms with Gasteiger partial charge in [0, 0.05) is 0 Å². The number of ether oxygens (including phenoxy) is 1. The maximum absolute atomic E-state index is 12.2. The second kappa shape index (κ2) is 5.69. The van der Waals surface area contributed by atoms with Crippen LogP contribution in [0, 0.1) is 17.8 Å². The van der Waals surface area contributed by atoms with Gasteiger partial charge in [0.15, 0.2) is 0 Å². The van der Waals surface area contributed by atoms with Crippen LogP contribution in [0.1, 0.15) is 34.6 Å². The van der Waals surface area contributed by atoms with Crippen LogP contribution in [0.3, 0.4) is 0 Å². The average Bonchev–Trinajstić information content (AvgIpc) is 2.48. The third kappa shape index (κ3) is 3.02. The standard InChI is InChI=1S/C13H23NO4/c1-6(2)11(13(16)17)14-12(15)10-7(3)8(4)18-9(10)5/h6-11H,1-5H3,(H,14,15)(H,16,17). The number of nitrogens with one attached hydrogen (secondary N) is 1. The van der Waals surface area contributed by atoms with E-state index in [4.69, 9.17) is 9.84 Å². The summed E-state index contributed by atoms with van der Waals surface area (Å²) in [7, 11) is 0. The maximum Gasteiger partial charge on any atom is 0.326 e. The Hall–Kier alpha value is -1.10. The molecule has 1 aliphatic heterocycles. The summed E-state index contributed by atoms with van der Waals surface area (Å²) in [6.07, 6.45) is -0.144.